The van der Waals surface area contributed by atoms with Gasteiger partial charge in [0.2, 0.25) is 5.76 Å². The molecule has 0 amide bonds. The average Bonchev–Trinajstić information content (AvgIpc) is 3.04. The Morgan fingerprint density at radius 3 is 2.71 bits per heavy atom. The number of furan rings is 1. The summed E-state index contributed by atoms with van der Waals surface area (Å²) in [7, 11) is 0. The van der Waals surface area contributed by atoms with Gasteiger partial charge in [0.15, 0.2) is 0 Å². The maximum atomic E-state index is 10.9. The predicted molar refractivity (Wildman–Crippen MR) is 92.0 cm³/mol. The molecule has 1 fully saturated rings. The molecule has 1 aliphatic carbocycles. The Balaban J connectivity index is 1.70. The number of hydrogen-bond acceptors (Lipinski definition) is 3. The Bertz CT molecular complexity index is 701. The van der Waals surface area contributed by atoms with Crippen molar-refractivity contribution in [2.75, 3.05) is 6.61 Å². The van der Waals surface area contributed by atoms with Crippen molar-refractivity contribution in [3.63, 3.8) is 0 Å². The van der Waals surface area contributed by atoms with Gasteiger partial charge in [-0.2, -0.15) is 0 Å². The highest BCUT2D eigenvalue weighted by molar-refractivity contribution is 6.30. The second-order valence-corrected chi connectivity index (χ2v) is 6.75. The Labute approximate surface area is 146 Å². The fourth-order valence-electron chi connectivity index (χ4n) is 3.16. The Kier molecular flexibility index (Phi) is 5.46. The van der Waals surface area contributed by atoms with Crippen LogP contribution in [0.25, 0.3) is 0 Å². The molecule has 24 heavy (non-hydrogen) atoms. The van der Waals surface area contributed by atoms with Crippen molar-refractivity contribution >= 4 is 17.6 Å². The molecule has 1 aliphatic rings. The molecule has 1 N–H and O–H groups in total. The van der Waals surface area contributed by atoms with Gasteiger partial charge in [0.1, 0.15) is 11.5 Å². The van der Waals surface area contributed by atoms with Crippen LogP contribution in [0, 0.1) is 5.92 Å². The van der Waals surface area contributed by atoms with Gasteiger partial charge >= 0.3 is 5.97 Å². The van der Waals surface area contributed by atoms with Crippen molar-refractivity contribution in [1.29, 1.82) is 0 Å². The smallest absolute Gasteiger partial charge is 0.371 e. The summed E-state index contributed by atoms with van der Waals surface area (Å²) < 4.78 is 11.4. The van der Waals surface area contributed by atoms with Crippen molar-refractivity contribution in [3.05, 3.63) is 52.4 Å². The fourth-order valence-corrected chi connectivity index (χ4v) is 3.36. The highest BCUT2D eigenvalue weighted by Gasteiger charge is 2.16. The number of carboxylic acid groups (broad SMARTS) is 1. The standard InChI is InChI=1S/C19H21ClO4/c20-15-6-8-17(23-12-13-4-2-1-3-5-13)14(10-15)11-16-7-9-18(24-16)19(21)22/h6-10,13H,1-5,11-12H2,(H,21,22). The normalized spacial score (nSPS) is 15.4. The molecule has 0 saturated heterocycles. The van der Waals surface area contributed by atoms with Crippen LogP contribution in [-0.4, -0.2) is 17.7 Å². The lowest BCUT2D eigenvalue weighted by molar-refractivity contribution is 0.0660. The molecule has 128 valence electrons. The number of hydrogen-bond donors (Lipinski definition) is 1. The van der Waals surface area contributed by atoms with Crippen LogP contribution in [0.3, 0.4) is 0 Å². The van der Waals surface area contributed by atoms with Gasteiger partial charge in [-0.1, -0.05) is 30.9 Å². The minimum atomic E-state index is -1.07. The lowest BCUT2D eigenvalue weighted by Crippen LogP contribution is -2.15. The fraction of sp³-hybridized carbons (Fsp3) is 0.421. The molecule has 0 spiro atoms. The van der Waals surface area contributed by atoms with E-state index in [1.807, 2.05) is 18.2 Å². The van der Waals surface area contributed by atoms with Crippen LogP contribution in [0.4, 0.5) is 0 Å². The van der Waals surface area contributed by atoms with Crippen molar-refractivity contribution in [2.45, 2.75) is 38.5 Å². The predicted octanol–water partition coefficient (Wildman–Crippen LogP) is 5.18. The number of benzene rings is 1. The van der Waals surface area contributed by atoms with E-state index in [9.17, 15) is 4.79 Å². The number of carboxylic acids is 1. The zero-order chi connectivity index (χ0) is 16.9. The van der Waals surface area contributed by atoms with Gasteiger partial charge in [0.05, 0.1) is 6.61 Å². The first-order chi connectivity index (χ1) is 11.6. The molecular formula is C19H21ClO4. The molecule has 5 heteroatoms. The number of rotatable bonds is 6. The van der Waals surface area contributed by atoms with Gasteiger partial charge in [-0.25, -0.2) is 4.79 Å². The van der Waals surface area contributed by atoms with E-state index in [-0.39, 0.29) is 5.76 Å². The van der Waals surface area contributed by atoms with Gasteiger partial charge in [-0.15, -0.1) is 0 Å². The van der Waals surface area contributed by atoms with E-state index < -0.39 is 5.97 Å². The Morgan fingerprint density at radius 2 is 2.00 bits per heavy atom. The van der Waals surface area contributed by atoms with E-state index in [2.05, 4.69) is 0 Å². The third-order valence-corrected chi connectivity index (χ3v) is 4.69. The average molecular weight is 349 g/mol. The molecule has 4 nitrogen and oxygen atoms in total. The third-order valence-electron chi connectivity index (χ3n) is 4.46. The van der Waals surface area contributed by atoms with Crippen LogP contribution in [0.15, 0.2) is 34.7 Å². The summed E-state index contributed by atoms with van der Waals surface area (Å²) in [5.74, 6) is 0.859. The summed E-state index contributed by atoms with van der Waals surface area (Å²) in [4.78, 5) is 10.9. The van der Waals surface area contributed by atoms with E-state index in [0.29, 0.717) is 29.7 Å². The Morgan fingerprint density at radius 1 is 1.21 bits per heavy atom. The molecule has 0 unspecified atom stereocenters. The maximum Gasteiger partial charge on any atom is 0.371 e. The minimum Gasteiger partial charge on any atom is -0.493 e. The van der Waals surface area contributed by atoms with Crippen molar-refractivity contribution < 1.29 is 19.1 Å². The lowest BCUT2D eigenvalue weighted by Gasteiger charge is -2.22. The lowest BCUT2D eigenvalue weighted by atomic mass is 9.90. The quantitative estimate of drug-likeness (QED) is 0.781. The van der Waals surface area contributed by atoms with Crippen LogP contribution in [-0.2, 0) is 6.42 Å². The molecule has 1 saturated carbocycles. The van der Waals surface area contributed by atoms with Crippen LogP contribution < -0.4 is 4.74 Å². The van der Waals surface area contributed by atoms with Gasteiger partial charge in [0.25, 0.3) is 0 Å². The van der Waals surface area contributed by atoms with Gasteiger partial charge < -0.3 is 14.3 Å². The molecule has 1 heterocycles. The van der Waals surface area contributed by atoms with Crippen LogP contribution in [0.2, 0.25) is 5.02 Å². The van der Waals surface area contributed by atoms with E-state index >= 15 is 0 Å². The largest absolute Gasteiger partial charge is 0.493 e. The highest BCUT2D eigenvalue weighted by atomic mass is 35.5. The first kappa shape index (κ1) is 16.9. The van der Waals surface area contributed by atoms with E-state index in [1.165, 1.54) is 38.2 Å². The van der Waals surface area contributed by atoms with Crippen molar-refractivity contribution in [3.8, 4) is 5.75 Å². The number of halogens is 1. The summed E-state index contributed by atoms with van der Waals surface area (Å²) in [6.07, 6.45) is 6.80. The number of carbonyl (C=O) groups is 1. The third kappa shape index (κ3) is 4.32. The Hall–Kier alpha value is -1.94. The monoisotopic (exact) mass is 348 g/mol. The zero-order valence-corrected chi connectivity index (χ0v) is 14.2. The van der Waals surface area contributed by atoms with E-state index in [4.69, 9.17) is 25.9 Å². The topological polar surface area (TPSA) is 59.7 Å². The summed E-state index contributed by atoms with van der Waals surface area (Å²) >= 11 is 6.11. The summed E-state index contributed by atoms with van der Waals surface area (Å²) in [5, 5.41) is 9.58. The summed E-state index contributed by atoms with van der Waals surface area (Å²) in [5.41, 5.74) is 0.907. The SMILES string of the molecule is O=C(O)c1ccc(Cc2cc(Cl)ccc2OCC2CCCCC2)o1. The van der Waals surface area contributed by atoms with Crippen molar-refractivity contribution in [2.24, 2.45) is 5.92 Å². The molecule has 0 radical (unpaired) electrons. The number of ether oxygens (including phenoxy) is 1. The molecule has 2 aromatic rings. The minimum absolute atomic E-state index is 0.0586. The number of aromatic carboxylic acids is 1. The highest BCUT2D eigenvalue weighted by Crippen LogP contribution is 2.29. The second kappa shape index (κ2) is 7.75. The first-order valence-electron chi connectivity index (χ1n) is 8.35. The molecule has 1 aromatic heterocycles. The van der Waals surface area contributed by atoms with Crippen LogP contribution in [0.1, 0.15) is 54.0 Å². The summed E-state index contributed by atoms with van der Waals surface area (Å²) in [6, 6.07) is 8.67. The van der Waals surface area contributed by atoms with E-state index in [1.54, 1.807) is 6.07 Å². The molecular weight excluding hydrogens is 328 g/mol. The van der Waals surface area contributed by atoms with Gasteiger partial charge in [0, 0.05) is 17.0 Å². The van der Waals surface area contributed by atoms with Crippen LogP contribution in [0.5, 0.6) is 5.75 Å². The second-order valence-electron chi connectivity index (χ2n) is 6.31. The van der Waals surface area contributed by atoms with Gasteiger partial charge in [-0.3, -0.25) is 0 Å². The molecule has 3 rings (SSSR count). The van der Waals surface area contributed by atoms with Gasteiger partial charge in [-0.05, 0) is 49.1 Å². The molecule has 1 aromatic carbocycles. The molecule has 0 aliphatic heterocycles. The summed E-state index contributed by atoms with van der Waals surface area (Å²) in [6.45, 7) is 0.715. The molecule has 0 bridgehead atoms. The molecule has 0 atom stereocenters. The maximum absolute atomic E-state index is 10.9. The van der Waals surface area contributed by atoms with Crippen molar-refractivity contribution in [1.82, 2.24) is 0 Å². The first-order valence-corrected chi connectivity index (χ1v) is 8.73. The van der Waals surface area contributed by atoms with E-state index in [0.717, 1.165) is 11.3 Å². The zero-order valence-electron chi connectivity index (χ0n) is 13.5. The van der Waals surface area contributed by atoms with Crippen LogP contribution >= 0.6 is 11.6 Å².